The van der Waals surface area contributed by atoms with Crippen LogP contribution < -0.4 is 10.1 Å². The van der Waals surface area contributed by atoms with Crippen LogP contribution in [0.3, 0.4) is 0 Å². The summed E-state index contributed by atoms with van der Waals surface area (Å²) in [5, 5.41) is 3.46. The molecule has 0 saturated heterocycles. The molecule has 0 unspecified atom stereocenters. The molecular formula is C18H19NO. The van der Waals surface area contributed by atoms with E-state index in [0.29, 0.717) is 6.10 Å². The summed E-state index contributed by atoms with van der Waals surface area (Å²) < 4.78 is 5.89. The molecule has 2 heteroatoms. The fraction of sp³-hybridized carbons (Fsp3) is 0.333. The number of ether oxygens (including phenoxy) is 1. The number of nitrogens with one attached hydrogen (secondary N) is 1. The minimum Gasteiger partial charge on any atom is -0.490 e. The van der Waals surface area contributed by atoms with Crippen LogP contribution in [0.1, 0.15) is 24.8 Å². The molecule has 1 N–H and O–H groups in total. The second-order valence-corrected chi connectivity index (χ2v) is 5.75. The number of anilines is 1. The molecule has 0 bridgehead atoms. The third kappa shape index (κ3) is 2.38. The van der Waals surface area contributed by atoms with Gasteiger partial charge in [0.25, 0.3) is 0 Å². The Hall–Kier alpha value is -1.96. The molecule has 0 amide bonds. The Balaban J connectivity index is 1.65. The Morgan fingerprint density at radius 2 is 1.90 bits per heavy atom. The van der Waals surface area contributed by atoms with Crippen molar-refractivity contribution in [2.75, 3.05) is 11.9 Å². The Morgan fingerprint density at radius 1 is 1.00 bits per heavy atom. The number of fused-ring (bicyclic) bond motifs is 1. The van der Waals surface area contributed by atoms with Gasteiger partial charge in [-0.3, -0.25) is 0 Å². The van der Waals surface area contributed by atoms with Crippen LogP contribution in [-0.2, 0) is 6.42 Å². The van der Waals surface area contributed by atoms with Gasteiger partial charge in [0, 0.05) is 12.2 Å². The van der Waals surface area contributed by atoms with Crippen molar-refractivity contribution in [1.29, 1.82) is 0 Å². The average Bonchev–Trinajstić information content (AvgIpc) is 3.31. The summed E-state index contributed by atoms with van der Waals surface area (Å²) in [4.78, 5) is 0. The van der Waals surface area contributed by atoms with Crippen molar-refractivity contribution in [2.24, 2.45) is 0 Å². The monoisotopic (exact) mass is 265 g/mol. The van der Waals surface area contributed by atoms with Gasteiger partial charge in [0.15, 0.2) is 0 Å². The predicted octanol–water partition coefficient (Wildman–Crippen LogP) is 4.25. The van der Waals surface area contributed by atoms with Crippen molar-refractivity contribution in [1.82, 2.24) is 0 Å². The van der Waals surface area contributed by atoms with E-state index in [9.17, 15) is 0 Å². The van der Waals surface area contributed by atoms with E-state index in [1.165, 1.54) is 48.1 Å². The van der Waals surface area contributed by atoms with E-state index in [1.807, 2.05) is 0 Å². The zero-order chi connectivity index (χ0) is 13.4. The molecule has 20 heavy (non-hydrogen) atoms. The number of rotatable bonds is 3. The van der Waals surface area contributed by atoms with Gasteiger partial charge in [-0.15, -0.1) is 0 Å². The average molecular weight is 265 g/mol. The topological polar surface area (TPSA) is 21.3 Å². The highest BCUT2D eigenvalue weighted by molar-refractivity contribution is 5.70. The second-order valence-electron chi connectivity index (χ2n) is 5.75. The van der Waals surface area contributed by atoms with Gasteiger partial charge in [0.05, 0.1) is 6.10 Å². The first-order valence-electron chi connectivity index (χ1n) is 7.52. The van der Waals surface area contributed by atoms with Gasteiger partial charge in [0.1, 0.15) is 5.75 Å². The molecule has 102 valence electrons. The van der Waals surface area contributed by atoms with Crippen molar-refractivity contribution >= 4 is 5.69 Å². The first kappa shape index (κ1) is 11.8. The van der Waals surface area contributed by atoms with E-state index in [2.05, 4.69) is 47.8 Å². The molecule has 1 saturated carbocycles. The van der Waals surface area contributed by atoms with Crippen molar-refractivity contribution in [2.45, 2.75) is 31.8 Å². The molecule has 2 nitrogen and oxygen atoms in total. The zero-order valence-corrected chi connectivity index (χ0v) is 11.6. The highest BCUT2D eigenvalue weighted by Crippen LogP contribution is 2.32. The lowest BCUT2D eigenvalue weighted by Gasteiger charge is -2.19. The molecule has 2 aromatic carbocycles. The van der Waals surface area contributed by atoms with Crippen molar-refractivity contribution in [3.63, 3.8) is 0 Å². The summed E-state index contributed by atoms with van der Waals surface area (Å²) >= 11 is 0. The maximum Gasteiger partial charge on any atom is 0.120 e. The highest BCUT2D eigenvalue weighted by Gasteiger charge is 2.23. The van der Waals surface area contributed by atoms with E-state index in [0.717, 1.165) is 12.3 Å². The fourth-order valence-corrected chi connectivity index (χ4v) is 2.78. The van der Waals surface area contributed by atoms with Crippen LogP contribution in [0.25, 0.3) is 11.1 Å². The third-order valence-electron chi connectivity index (χ3n) is 4.04. The molecule has 0 spiro atoms. The molecule has 2 aliphatic rings. The van der Waals surface area contributed by atoms with Gasteiger partial charge >= 0.3 is 0 Å². The summed E-state index contributed by atoms with van der Waals surface area (Å²) in [5.41, 5.74) is 5.26. The third-order valence-corrected chi connectivity index (χ3v) is 4.04. The fourth-order valence-electron chi connectivity index (χ4n) is 2.78. The second kappa shape index (κ2) is 4.86. The smallest absolute Gasteiger partial charge is 0.120 e. The lowest BCUT2D eigenvalue weighted by atomic mass is 9.97. The Morgan fingerprint density at radius 3 is 2.80 bits per heavy atom. The van der Waals surface area contributed by atoms with Gasteiger partial charge in [-0.25, -0.2) is 0 Å². The standard InChI is InChI=1S/C18H19NO/c1-3-13(12-17(5-1)20-16-7-8-16)14-6-9-18-15(11-14)4-2-10-19-18/h1,3,5-6,9,11-12,16,19H,2,4,7-8,10H2. The molecule has 4 rings (SSSR count). The van der Waals surface area contributed by atoms with Crippen LogP contribution in [0.15, 0.2) is 42.5 Å². The quantitative estimate of drug-likeness (QED) is 0.895. The Bertz CT molecular complexity index is 631. The molecule has 1 aliphatic heterocycles. The van der Waals surface area contributed by atoms with Crippen LogP contribution in [0.5, 0.6) is 5.75 Å². The van der Waals surface area contributed by atoms with Crippen molar-refractivity contribution in [3.8, 4) is 16.9 Å². The van der Waals surface area contributed by atoms with E-state index < -0.39 is 0 Å². The Labute approximate surface area is 119 Å². The Kier molecular flexibility index (Phi) is 2.87. The van der Waals surface area contributed by atoms with Crippen LogP contribution in [0, 0.1) is 0 Å². The number of benzene rings is 2. The molecular weight excluding hydrogens is 246 g/mol. The normalized spacial score (nSPS) is 17.2. The summed E-state index contributed by atoms with van der Waals surface area (Å²) in [6.45, 7) is 1.09. The molecule has 1 aliphatic carbocycles. The van der Waals surface area contributed by atoms with Gasteiger partial charge < -0.3 is 10.1 Å². The molecule has 2 aromatic rings. The molecule has 0 aromatic heterocycles. The maximum atomic E-state index is 5.89. The minimum absolute atomic E-state index is 0.456. The molecule has 1 heterocycles. The van der Waals surface area contributed by atoms with Crippen LogP contribution in [-0.4, -0.2) is 12.6 Å². The molecule has 0 atom stereocenters. The van der Waals surface area contributed by atoms with Crippen molar-refractivity contribution < 1.29 is 4.74 Å². The van der Waals surface area contributed by atoms with Gasteiger partial charge in [-0.2, -0.15) is 0 Å². The summed E-state index contributed by atoms with van der Waals surface area (Å²) in [6, 6.07) is 15.2. The number of aryl methyl sites for hydroxylation is 1. The van der Waals surface area contributed by atoms with E-state index in [4.69, 9.17) is 4.74 Å². The van der Waals surface area contributed by atoms with Crippen LogP contribution >= 0.6 is 0 Å². The first-order valence-corrected chi connectivity index (χ1v) is 7.52. The van der Waals surface area contributed by atoms with E-state index in [1.54, 1.807) is 0 Å². The summed E-state index contributed by atoms with van der Waals surface area (Å²) in [6.07, 6.45) is 5.26. The largest absolute Gasteiger partial charge is 0.490 e. The minimum atomic E-state index is 0.456. The zero-order valence-electron chi connectivity index (χ0n) is 11.6. The van der Waals surface area contributed by atoms with E-state index in [-0.39, 0.29) is 0 Å². The lowest BCUT2D eigenvalue weighted by Crippen LogP contribution is -2.11. The predicted molar refractivity (Wildman–Crippen MR) is 82.3 cm³/mol. The maximum absolute atomic E-state index is 5.89. The van der Waals surface area contributed by atoms with Gasteiger partial charge in [0.2, 0.25) is 0 Å². The number of hydrogen-bond acceptors (Lipinski definition) is 2. The van der Waals surface area contributed by atoms with Crippen molar-refractivity contribution in [3.05, 3.63) is 48.0 Å². The van der Waals surface area contributed by atoms with Gasteiger partial charge in [-0.1, -0.05) is 18.2 Å². The molecule has 0 radical (unpaired) electrons. The van der Waals surface area contributed by atoms with Crippen LogP contribution in [0.4, 0.5) is 5.69 Å². The SMILES string of the molecule is c1cc(OC2CC2)cc(-c2ccc3c(c2)CCCN3)c1. The molecule has 1 fully saturated rings. The van der Waals surface area contributed by atoms with E-state index >= 15 is 0 Å². The number of hydrogen-bond donors (Lipinski definition) is 1. The summed E-state index contributed by atoms with van der Waals surface area (Å²) in [7, 11) is 0. The first-order chi connectivity index (χ1) is 9.88. The van der Waals surface area contributed by atoms with Gasteiger partial charge in [-0.05, 0) is 66.6 Å². The lowest BCUT2D eigenvalue weighted by molar-refractivity contribution is 0.303. The summed E-state index contributed by atoms with van der Waals surface area (Å²) in [5.74, 6) is 1.00. The van der Waals surface area contributed by atoms with Crippen LogP contribution in [0.2, 0.25) is 0 Å². The highest BCUT2D eigenvalue weighted by atomic mass is 16.5.